The molecular weight excluding hydrogens is 395 g/mol. The zero-order chi connectivity index (χ0) is 20.1. The minimum Gasteiger partial charge on any atom is -0.493 e. The summed E-state index contributed by atoms with van der Waals surface area (Å²) in [6.07, 6.45) is 1.53. The van der Waals surface area contributed by atoms with Gasteiger partial charge in [0.15, 0.2) is 0 Å². The molecule has 0 aliphatic heterocycles. The number of ether oxygens (including phenoxy) is 1. The van der Waals surface area contributed by atoms with E-state index in [0.717, 1.165) is 10.8 Å². The van der Waals surface area contributed by atoms with Gasteiger partial charge in [-0.15, -0.1) is 0 Å². The van der Waals surface area contributed by atoms with Crippen molar-refractivity contribution >= 4 is 51.6 Å². The first kappa shape index (κ1) is 19.8. The molecule has 0 atom stereocenters. The number of hydrogen-bond acceptors (Lipinski definition) is 3. The number of carbonyl (C=O) groups excluding carboxylic acids is 1. The third kappa shape index (κ3) is 4.12. The van der Waals surface area contributed by atoms with Crippen molar-refractivity contribution in [2.24, 2.45) is 0 Å². The highest BCUT2D eigenvalue weighted by Crippen LogP contribution is 2.32. The maximum absolute atomic E-state index is 12.7. The summed E-state index contributed by atoms with van der Waals surface area (Å²) in [6, 6.07) is 18.3. The number of nitrogens with zero attached hydrogens (tertiary/aromatic N) is 1. The molecule has 1 N–H and O–H groups in total. The van der Waals surface area contributed by atoms with Crippen LogP contribution in [-0.2, 0) is 4.79 Å². The molecule has 140 valence electrons. The van der Waals surface area contributed by atoms with Crippen LogP contribution in [0.3, 0.4) is 0 Å². The van der Waals surface area contributed by atoms with E-state index in [9.17, 15) is 10.1 Å². The van der Waals surface area contributed by atoms with Gasteiger partial charge in [-0.05, 0) is 42.0 Å². The average molecular weight is 411 g/mol. The molecule has 3 aromatic carbocycles. The lowest BCUT2D eigenvalue weighted by Crippen LogP contribution is -2.14. The van der Waals surface area contributed by atoms with Crippen LogP contribution < -0.4 is 10.1 Å². The maximum atomic E-state index is 12.7. The summed E-state index contributed by atoms with van der Waals surface area (Å²) in [5, 5.41) is 14.6. The van der Waals surface area contributed by atoms with Crippen LogP contribution in [0.1, 0.15) is 12.5 Å². The van der Waals surface area contributed by atoms with Crippen molar-refractivity contribution in [3.05, 3.63) is 75.8 Å². The molecule has 0 heterocycles. The summed E-state index contributed by atoms with van der Waals surface area (Å²) in [7, 11) is 0. The number of fused-ring (bicyclic) bond motifs is 1. The summed E-state index contributed by atoms with van der Waals surface area (Å²) in [5.74, 6) is 0.0181. The summed E-state index contributed by atoms with van der Waals surface area (Å²) < 4.78 is 5.70. The predicted molar refractivity (Wildman–Crippen MR) is 114 cm³/mol. The number of nitriles is 1. The first-order chi connectivity index (χ1) is 13.5. The summed E-state index contributed by atoms with van der Waals surface area (Å²) in [6.45, 7) is 2.34. The number of carbonyl (C=O) groups is 1. The van der Waals surface area contributed by atoms with Gasteiger partial charge >= 0.3 is 0 Å². The van der Waals surface area contributed by atoms with E-state index in [1.54, 1.807) is 18.2 Å². The molecule has 0 saturated carbocycles. The second-order valence-electron chi connectivity index (χ2n) is 5.86. The van der Waals surface area contributed by atoms with E-state index in [4.69, 9.17) is 27.9 Å². The minimum absolute atomic E-state index is 0.0756. The number of benzene rings is 3. The van der Waals surface area contributed by atoms with Crippen LogP contribution >= 0.6 is 23.2 Å². The molecule has 3 aromatic rings. The molecule has 0 unspecified atom stereocenters. The Balaban J connectivity index is 2.05. The molecule has 0 aliphatic rings. The second kappa shape index (κ2) is 8.79. The minimum atomic E-state index is -0.581. The fraction of sp³-hybridized carbons (Fsp3) is 0.0909. The highest BCUT2D eigenvalue weighted by molar-refractivity contribution is 6.44. The van der Waals surface area contributed by atoms with Gasteiger partial charge in [-0.1, -0.05) is 59.6 Å². The Hall–Kier alpha value is -3.00. The van der Waals surface area contributed by atoms with Gasteiger partial charge in [-0.25, -0.2) is 0 Å². The SMILES string of the molecule is CCOc1ccc2ccccc2c1/C=C(\C#N)C(=O)Nc1cccc(Cl)c1Cl. The summed E-state index contributed by atoms with van der Waals surface area (Å²) in [5.41, 5.74) is 0.931. The first-order valence-corrected chi connectivity index (χ1v) is 9.32. The lowest BCUT2D eigenvalue weighted by molar-refractivity contribution is -0.112. The normalized spacial score (nSPS) is 11.1. The van der Waals surface area contributed by atoms with Gasteiger partial charge < -0.3 is 10.1 Å². The van der Waals surface area contributed by atoms with E-state index < -0.39 is 5.91 Å². The van der Waals surface area contributed by atoms with E-state index in [0.29, 0.717) is 28.6 Å². The highest BCUT2D eigenvalue weighted by atomic mass is 35.5. The standard InChI is InChI=1S/C22H16Cl2N2O2/c1-2-28-20-11-10-14-6-3-4-7-16(14)17(20)12-15(13-25)22(27)26-19-9-5-8-18(23)21(19)24/h3-12H,2H2,1H3,(H,26,27)/b15-12+. The molecule has 6 heteroatoms. The van der Waals surface area contributed by atoms with Crippen molar-refractivity contribution in [3.8, 4) is 11.8 Å². The van der Waals surface area contributed by atoms with Crippen LogP contribution in [-0.4, -0.2) is 12.5 Å². The Morgan fingerprint density at radius 1 is 1.14 bits per heavy atom. The Labute approximate surface area is 172 Å². The van der Waals surface area contributed by atoms with E-state index >= 15 is 0 Å². The van der Waals surface area contributed by atoms with Crippen molar-refractivity contribution in [2.45, 2.75) is 6.92 Å². The van der Waals surface area contributed by atoms with E-state index in [1.165, 1.54) is 6.08 Å². The fourth-order valence-electron chi connectivity index (χ4n) is 2.79. The third-order valence-electron chi connectivity index (χ3n) is 4.08. The number of rotatable bonds is 5. The molecule has 0 radical (unpaired) electrons. The molecule has 0 fully saturated rings. The predicted octanol–water partition coefficient (Wildman–Crippen LogP) is 6.09. The molecule has 28 heavy (non-hydrogen) atoms. The van der Waals surface area contributed by atoms with Crippen LogP contribution in [0.4, 0.5) is 5.69 Å². The summed E-state index contributed by atoms with van der Waals surface area (Å²) in [4.78, 5) is 12.7. The van der Waals surface area contributed by atoms with Gasteiger partial charge in [0.1, 0.15) is 17.4 Å². The Kier molecular flexibility index (Phi) is 6.20. The van der Waals surface area contributed by atoms with Crippen molar-refractivity contribution in [3.63, 3.8) is 0 Å². The smallest absolute Gasteiger partial charge is 0.266 e. The molecule has 0 saturated heterocycles. The first-order valence-electron chi connectivity index (χ1n) is 8.57. The van der Waals surface area contributed by atoms with E-state index in [-0.39, 0.29) is 10.6 Å². The number of amides is 1. The third-order valence-corrected chi connectivity index (χ3v) is 4.90. The Morgan fingerprint density at radius 2 is 1.93 bits per heavy atom. The molecule has 0 aromatic heterocycles. The van der Waals surface area contributed by atoms with Gasteiger partial charge in [-0.3, -0.25) is 4.79 Å². The zero-order valence-electron chi connectivity index (χ0n) is 15.0. The lowest BCUT2D eigenvalue weighted by Gasteiger charge is -2.12. The number of anilines is 1. The monoisotopic (exact) mass is 410 g/mol. The van der Waals surface area contributed by atoms with Crippen LogP contribution in [0, 0.1) is 11.3 Å². The van der Waals surface area contributed by atoms with Crippen LogP contribution in [0.5, 0.6) is 5.75 Å². The Bertz CT molecular complexity index is 1120. The van der Waals surface area contributed by atoms with Gasteiger partial charge in [0.2, 0.25) is 0 Å². The number of halogens is 2. The topological polar surface area (TPSA) is 62.1 Å². The highest BCUT2D eigenvalue weighted by Gasteiger charge is 2.15. The molecule has 3 rings (SSSR count). The molecule has 1 amide bonds. The van der Waals surface area contributed by atoms with Gasteiger partial charge in [0.05, 0.1) is 22.3 Å². The van der Waals surface area contributed by atoms with E-state index in [2.05, 4.69) is 5.32 Å². The lowest BCUT2D eigenvalue weighted by atomic mass is 10.0. The molecular formula is C22H16Cl2N2O2. The van der Waals surface area contributed by atoms with Gasteiger partial charge in [0, 0.05) is 5.56 Å². The Morgan fingerprint density at radius 3 is 2.68 bits per heavy atom. The maximum Gasteiger partial charge on any atom is 0.266 e. The largest absolute Gasteiger partial charge is 0.493 e. The molecule has 4 nitrogen and oxygen atoms in total. The van der Waals surface area contributed by atoms with Crippen LogP contribution in [0.2, 0.25) is 10.0 Å². The zero-order valence-corrected chi connectivity index (χ0v) is 16.5. The molecule has 0 bridgehead atoms. The molecule has 0 spiro atoms. The van der Waals surface area contributed by atoms with Crippen molar-refractivity contribution in [1.82, 2.24) is 0 Å². The van der Waals surface area contributed by atoms with Crippen LogP contribution in [0.25, 0.3) is 16.8 Å². The fourth-order valence-corrected chi connectivity index (χ4v) is 3.14. The van der Waals surface area contributed by atoms with Crippen LogP contribution in [0.15, 0.2) is 60.2 Å². The second-order valence-corrected chi connectivity index (χ2v) is 6.64. The summed E-state index contributed by atoms with van der Waals surface area (Å²) >= 11 is 12.1. The van der Waals surface area contributed by atoms with Crippen molar-refractivity contribution in [1.29, 1.82) is 5.26 Å². The van der Waals surface area contributed by atoms with Gasteiger partial charge in [0.25, 0.3) is 5.91 Å². The van der Waals surface area contributed by atoms with Gasteiger partial charge in [-0.2, -0.15) is 5.26 Å². The van der Waals surface area contributed by atoms with E-state index in [1.807, 2.05) is 49.4 Å². The average Bonchev–Trinajstić information content (AvgIpc) is 2.70. The van der Waals surface area contributed by atoms with Crippen molar-refractivity contribution < 1.29 is 9.53 Å². The quantitative estimate of drug-likeness (QED) is 0.408. The number of nitrogens with one attached hydrogen (secondary N) is 1. The van der Waals surface area contributed by atoms with Crippen molar-refractivity contribution in [2.75, 3.05) is 11.9 Å². The molecule has 0 aliphatic carbocycles. The number of hydrogen-bond donors (Lipinski definition) is 1.